The Kier molecular flexibility index (Phi) is 8.11. The predicted molar refractivity (Wildman–Crippen MR) is 109 cm³/mol. The summed E-state index contributed by atoms with van der Waals surface area (Å²) in [5.41, 5.74) is 1.90. The van der Waals surface area contributed by atoms with E-state index < -0.39 is 10.1 Å². The van der Waals surface area contributed by atoms with Crippen LogP contribution in [-0.2, 0) is 23.0 Å². The molecular formula is C22H32O3S. The van der Waals surface area contributed by atoms with E-state index in [0.29, 0.717) is 11.8 Å². The second-order valence-electron chi connectivity index (χ2n) is 7.16. The van der Waals surface area contributed by atoms with Crippen LogP contribution < -0.4 is 0 Å². The Morgan fingerprint density at radius 3 is 1.92 bits per heavy atom. The molecule has 0 unspecified atom stereocenters. The predicted octanol–water partition coefficient (Wildman–Crippen LogP) is 6.33. The van der Waals surface area contributed by atoms with Gasteiger partial charge < -0.3 is 0 Å². The molecule has 0 atom stereocenters. The molecule has 0 aliphatic heterocycles. The van der Waals surface area contributed by atoms with E-state index in [1.165, 1.54) is 24.8 Å². The molecule has 1 N–H and O–H groups in total. The highest BCUT2D eigenvalue weighted by Crippen LogP contribution is 2.31. The summed E-state index contributed by atoms with van der Waals surface area (Å²) < 4.78 is 34.1. The summed E-state index contributed by atoms with van der Waals surface area (Å²) in [6.07, 6.45) is 10.7. The van der Waals surface area contributed by atoms with Crippen LogP contribution in [0.15, 0.2) is 35.2 Å². The Morgan fingerprint density at radius 2 is 1.35 bits per heavy atom. The van der Waals surface area contributed by atoms with Crippen molar-refractivity contribution in [3.63, 3.8) is 0 Å². The highest BCUT2D eigenvalue weighted by molar-refractivity contribution is 7.86. The van der Waals surface area contributed by atoms with Crippen LogP contribution >= 0.6 is 0 Å². The lowest BCUT2D eigenvalue weighted by Crippen LogP contribution is -2.05. The quantitative estimate of drug-likeness (QED) is 0.368. The van der Waals surface area contributed by atoms with Crippen molar-refractivity contribution in [2.75, 3.05) is 0 Å². The van der Waals surface area contributed by atoms with Gasteiger partial charge in [0.15, 0.2) is 0 Å². The molecule has 0 spiro atoms. The van der Waals surface area contributed by atoms with Gasteiger partial charge >= 0.3 is 0 Å². The second kappa shape index (κ2) is 10.1. The van der Waals surface area contributed by atoms with Gasteiger partial charge in [0.25, 0.3) is 10.1 Å². The van der Waals surface area contributed by atoms with Crippen LogP contribution in [0.4, 0.5) is 0 Å². The molecule has 0 fully saturated rings. The third-order valence-corrected chi connectivity index (χ3v) is 6.04. The minimum atomic E-state index is -4.25. The number of hydrogen-bond donors (Lipinski definition) is 1. The monoisotopic (exact) mass is 376 g/mol. The summed E-state index contributed by atoms with van der Waals surface area (Å²) >= 11 is 0. The molecule has 0 aromatic heterocycles. The van der Waals surface area contributed by atoms with Crippen molar-refractivity contribution >= 4 is 20.9 Å². The lowest BCUT2D eigenvalue weighted by Gasteiger charge is -2.13. The summed E-state index contributed by atoms with van der Waals surface area (Å²) in [7, 11) is -4.25. The zero-order valence-electron chi connectivity index (χ0n) is 16.1. The molecule has 0 radical (unpaired) electrons. The minimum absolute atomic E-state index is 0.113. The SMILES string of the molecule is CCCCCCc1ccc2c(CCCCCC)cccc2c1S(=O)(=O)O. The topological polar surface area (TPSA) is 54.4 Å². The Morgan fingerprint density at radius 1 is 0.731 bits per heavy atom. The molecule has 0 bridgehead atoms. The molecule has 0 heterocycles. The second-order valence-corrected chi connectivity index (χ2v) is 8.52. The zero-order chi connectivity index (χ0) is 19.0. The first-order valence-corrected chi connectivity index (χ1v) is 11.4. The first kappa shape index (κ1) is 20.9. The molecule has 2 aromatic carbocycles. The number of benzene rings is 2. The van der Waals surface area contributed by atoms with Crippen LogP contribution in [0.5, 0.6) is 0 Å². The number of rotatable bonds is 11. The normalized spacial score (nSPS) is 12.0. The summed E-state index contributed by atoms with van der Waals surface area (Å²) in [4.78, 5) is 0.113. The maximum absolute atomic E-state index is 12.1. The van der Waals surface area contributed by atoms with E-state index in [-0.39, 0.29) is 4.90 Å². The van der Waals surface area contributed by atoms with Crippen LogP contribution in [0.25, 0.3) is 10.8 Å². The van der Waals surface area contributed by atoms with E-state index in [4.69, 9.17) is 0 Å². The average Bonchev–Trinajstić information content (AvgIpc) is 2.61. The maximum atomic E-state index is 12.1. The maximum Gasteiger partial charge on any atom is 0.295 e. The molecule has 26 heavy (non-hydrogen) atoms. The molecule has 2 aromatic rings. The first-order chi connectivity index (χ1) is 12.5. The minimum Gasteiger partial charge on any atom is -0.282 e. The van der Waals surface area contributed by atoms with E-state index in [2.05, 4.69) is 19.9 Å². The summed E-state index contributed by atoms with van der Waals surface area (Å²) in [6, 6.07) is 9.74. The largest absolute Gasteiger partial charge is 0.295 e. The van der Waals surface area contributed by atoms with Crippen molar-refractivity contribution in [1.82, 2.24) is 0 Å². The highest BCUT2D eigenvalue weighted by Gasteiger charge is 2.20. The Bertz CT molecular complexity index is 809. The van der Waals surface area contributed by atoms with Crippen LogP contribution in [0.3, 0.4) is 0 Å². The van der Waals surface area contributed by atoms with Gasteiger partial charge in [-0.25, -0.2) is 0 Å². The van der Waals surface area contributed by atoms with E-state index >= 15 is 0 Å². The van der Waals surface area contributed by atoms with E-state index in [1.54, 1.807) is 0 Å². The molecule has 3 nitrogen and oxygen atoms in total. The van der Waals surface area contributed by atoms with E-state index in [1.807, 2.05) is 24.3 Å². The van der Waals surface area contributed by atoms with Crippen molar-refractivity contribution < 1.29 is 13.0 Å². The van der Waals surface area contributed by atoms with Gasteiger partial charge in [-0.2, -0.15) is 8.42 Å². The van der Waals surface area contributed by atoms with Gasteiger partial charge in [0, 0.05) is 5.39 Å². The molecule has 0 saturated heterocycles. The van der Waals surface area contributed by atoms with Crippen LogP contribution in [-0.4, -0.2) is 13.0 Å². The zero-order valence-corrected chi connectivity index (χ0v) is 16.9. The van der Waals surface area contributed by atoms with Crippen molar-refractivity contribution in [2.45, 2.75) is 83.0 Å². The van der Waals surface area contributed by atoms with Crippen LogP contribution in [0.2, 0.25) is 0 Å². The summed E-state index contributed by atoms with van der Waals surface area (Å²) in [5, 5.41) is 1.61. The fourth-order valence-electron chi connectivity index (χ4n) is 3.64. The molecule has 4 heteroatoms. The van der Waals surface area contributed by atoms with Gasteiger partial charge in [0.1, 0.15) is 4.90 Å². The average molecular weight is 377 g/mol. The number of unbranched alkanes of at least 4 members (excludes halogenated alkanes) is 6. The molecule has 0 aliphatic carbocycles. The van der Waals surface area contributed by atoms with Gasteiger partial charge in [0.2, 0.25) is 0 Å². The van der Waals surface area contributed by atoms with Crippen LogP contribution in [0, 0.1) is 0 Å². The fraction of sp³-hybridized carbons (Fsp3) is 0.545. The highest BCUT2D eigenvalue weighted by atomic mass is 32.2. The number of fused-ring (bicyclic) bond motifs is 1. The van der Waals surface area contributed by atoms with Crippen molar-refractivity contribution in [2.24, 2.45) is 0 Å². The van der Waals surface area contributed by atoms with Crippen molar-refractivity contribution in [3.05, 3.63) is 41.5 Å². The van der Waals surface area contributed by atoms with Gasteiger partial charge in [-0.1, -0.05) is 82.7 Å². The lowest BCUT2D eigenvalue weighted by atomic mass is 9.96. The Balaban J connectivity index is 2.37. The van der Waals surface area contributed by atoms with E-state index in [9.17, 15) is 13.0 Å². The molecular weight excluding hydrogens is 344 g/mol. The van der Waals surface area contributed by atoms with Crippen LogP contribution in [0.1, 0.15) is 76.3 Å². The Labute approximate surface area is 158 Å². The van der Waals surface area contributed by atoms with Gasteiger partial charge in [-0.15, -0.1) is 0 Å². The molecule has 0 amide bonds. The summed E-state index contributed by atoms with van der Waals surface area (Å²) in [6.45, 7) is 4.35. The third-order valence-electron chi connectivity index (χ3n) is 5.04. The van der Waals surface area contributed by atoms with Crippen molar-refractivity contribution in [3.8, 4) is 0 Å². The molecule has 0 saturated carbocycles. The summed E-state index contributed by atoms with van der Waals surface area (Å²) in [5.74, 6) is 0. The molecule has 2 rings (SSSR count). The van der Waals surface area contributed by atoms with Crippen molar-refractivity contribution in [1.29, 1.82) is 0 Å². The molecule has 144 valence electrons. The Hall–Kier alpha value is -1.39. The van der Waals surface area contributed by atoms with Gasteiger partial charge in [-0.3, -0.25) is 4.55 Å². The number of aryl methyl sites for hydroxylation is 2. The number of hydrogen-bond acceptors (Lipinski definition) is 2. The van der Waals surface area contributed by atoms with Gasteiger partial charge in [0.05, 0.1) is 0 Å². The lowest BCUT2D eigenvalue weighted by molar-refractivity contribution is 0.483. The smallest absolute Gasteiger partial charge is 0.282 e. The molecule has 0 aliphatic rings. The fourth-order valence-corrected chi connectivity index (χ4v) is 4.60. The van der Waals surface area contributed by atoms with E-state index in [0.717, 1.165) is 49.5 Å². The standard InChI is InChI=1S/C22H32O3S/c1-3-5-7-9-12-18-14-11-15-21-20(18)17-16-19(13-10-8-6-4-2)22(21)26(23,24)25/h11,14-17H,3-10,12-13H2,1-2H3,(H,23,24,25). The van der Waals surface area contributed by atoms with Gasteiger partial charge in [-0.05, 0) is 42.2 Å². The first-order valence-electron chi connectivity index (χ1n) is 10.00. The third kappa shape index (κ3) is 5.55.